The van der Waals surface area contributed by atoms with Gasteiger partial charge in [0.05, 0.1) is 10.7 Å². The lowest BCUT2D eigenvalue weighted by Crippen LogP contribution is -2.01. The number of nitrogen functional groups attached to an aromatic ring is 1. The third-order valence-electron chi connectivity index (χ3n) is 2.25. The van der Waals surface area contributed by atoms with Gasteiger partial charge in [-0.05, 0) is 18.1 Å². The Morgan fingerprint density at radius 3 is 2.71 bits per heavy atom. The van der Waals surface area contributed by atoms with Crippen LogP contribution in [0.4, 0.5) is 5.69 Å². The van der Waals surface area contributed by atoms with Crippen LogP contribution >= 0.6 is 11.6 Å². The Hall–Kier alpha value is -2.43. The number of aromatic nitrogens is 2. The summed E-state index contributed by atoms with van der Waals surface area (Å²) < 4.78 is 1.40. The maximum Gasteiger partial charge on any atom is 0.187 e. The molecule has 0 unspecified atom stereocenters. The summed E-state index contributed by atoms with van der Waals surface area (Å²) in [7, 11) is 0. The molecule has 0 bridgehead atoms. The topological polar surface area (TPSA) is 67.6 Å². The van der Waals surface area contributed by atoms with Gasteiger partial charge < -0.3 is 5.73 Å². The van der Waals surface area contributed by atoms with Gasteiger partial charge >= 0.3 is 0 Å². The predicted octanol–water partition coefficient (Wildman–Crippen LogP) is 1.96. The predicted molar refractivity (Wildman–Crippen MR) is 65.6 cm³/mol. The lowest BCUT2D eigenvalue weighted by molar-refractivity contribution is 0.862. The van der Waals surface area contributed by atoms with Gasteiger partial charge in [0.25, 0.3) is 0 Å². The number of para-hydroxylation sites is 1. The van der Waals surface area contributed by atoms with Crippen LogP contribution in [-0.2, 0) is 0 Å². The highest BCUT2D eigenvalue weighted by molar-refractivity contribution is 6.32. The Morgan fingerprint density at radius 2 is 2.12 bits per heavy atom. The van der Waals surface area contributed by atoms with Gasteiger partial charge in [0.15, 0.2) is 5.69 Å². The summed E-state index contributed by atoms with van der Waals surface area (Å²) in [6.45, 7) is 0. The highest BCUT2D eigenvalue weighted by Gasteiger charge is 2.15. The molecule has 2 N–H and O–H groups in total. The smallest absolute Gasteiger partial charge is 0.187 e. The molecule has 0 aliphatic heterocycles. The molecule has 1 aromatic heterocycles. The summed E-state index contributed by atoms with van der Waals surface area (Å²) in [6.07, 6.45) is 5.36. The molecule has 82 valence electrons. The zero-order valence-corrected chi connectivity index (χ0v) is 9.44. The van der Waals surface area contributed by atoms with E-state index in [0.29, 0.717) is 16.4 Å². The van der Waals surface area contributed by atoms with E-state index in [2.05, 4.69) is 11.0 Å². The molecule has 0 spiro atoms. The van der Waals surface area contributed by atoms with Gasteiger partial charge in [0.2, 0.25) is 0 Å². The number of halogens is 1. The molecule has 0 saturated heterocycles. The Labute approximate surface area is 103 Å². The van der Waals surface area contributed by atoms with Crippen molar-refractivity contribution < 1.29 is 0 Å². The highest BCUT2D eigenvalue weighted by Crippen LogP contribution is 2.24. The highest BCUT2D eigenvalue weighted by atomic mass is 35.5. The van der Waals surface area contributed by atoms with Crippen molar-refractivity contribution in [2.24, 2.45) is 0 Å². The van der Waals surface area contributed by atoms with Gasteiger partial charge in [-0.1, -0.05) is 23.7 Å². The second-order valence-corrected chi connectivity index (χ2v) is 3.64. The van der Waals surface area contributed by atoms with Crippen molar-refractivity contribution in [1.82, 2.24) is 9.78 Å². The minimum absolute atomic E-state index is 0.0952. The number of nitrogens with two attached hydrogens (primary N) is 1. The van der Waals surface area contributed by atoms with Crippen molar-refractivity contribution in [2.75, 3.05) is 5.73 Å². The van der Waals surface area contributed by atoms with Gasteiger partial charge in [0, 0.05) is 0 Å². The van der Waals surface area contributed by atoms with E-state index < -0.39 is 0 Å². The van der Waals surface area contributed by atoms with E-state index in [1.54, 1.807) is 24.3 Å². The van der Waals surface area contributed by atoms with Crippen molar-refractivity contribution >= 4 is 17.3 Å². The Balaban J connectivity index is 2.74. The van der Waals surface area contributed by atoms with Crippen LogP contribution in [0.5, 0.6) is 0 Å². The number of rotatable bonds is 1. The number of nitrogens with zero attached hydrogens (tertiary/aromatic N) is 3. The first-order valence-electron chi connectivity index (χ1n) is 4.69. The van der Waals surface area contributed by atoms with E-state index in [0.717, 1.165) is 0 Å². The van der Waals surface area contributed by atoms with Crippen molar-refractivity contribution in [2.45, 2.75) is 0 Å². The van der Waals surface area contributed by atoms with E-state index in [1.165, 1.54) is 4.68 Å². The van der Waals surface area contributed by atoms with Crippen LogP contribution in [0.3, 0.4) is 0 Å². The third kappa shape index (κ3) is 1.71. The number of terminal acetylenes is 1. The zero-order valence-electron chi connectivity index (χ0n) is 8.68. The Bertz CT molecular complexity index is 658. The first kappa shape index (κ1) is 11.1. The summed E-state index contributed by atoms with van der Waals surface area (Å²) in [5, 5.41) is 13.4. The van der Waals surface area contributed by atoms with Crippen molar-refractivity contribution in [3.05, 3.63) is 40.7 Å². The van der Waals surface area contributed by atoms with Crippen LogP contribution in [0, 0.1) is 23.7 Å². The molecule has 17 heavy (non-hydrogen) atoms. The van der Waals surface area contributed by atoms with E-state index in [1.807, 2.05) is 6.07 Å². The maximum atomic E-state index is 8.86. The van der Waals surface area contributed by atoms with Crippen LogP contribution in [0.15, 0.2) is 24.3 Å². The molecule has 2 rings (SSSR count). The molecule has 0 aliphatic rings. The minimum atomic E-state index is 0.0952. The molecular weight excluding hydrogens is 236 g/mol. The van der Waals surface area contributed by atoms with Crippen molar-refractivity contribution in [1.29, 1.82) is 5.26 Å². The Kier molecular flexibility index (Phi) is 2.74. The molecule has 0 aliphatic carbocycles. The first-order valence-corrected chi connectivity index (χ1v) is 5.07. The molecular formula is C12H7ClN4. The van der Waals surface area contributed by atoms with Crippen LogP contribution < -0.4 is 5.73 Å². The second kappa shape index (κ2) is 4.21. The molecule has 1 heterocycles. The summed E-state index contributed by atoms with van der Waals surface area (Å²) in [5.41, 5.74) is 6.93. The fraction of sp³-hybridized carbons (Fsp3) is 0. The van der Waals surface area contributed by atoms with E-state index >= 15 is 0 Å². The maximum absolute atomic E-state index is 8.86. The largest absolute Gasteiger partial charge is 0.394 e. The standard InChI is InChI=1S/C12H7ClN4/c1-2-10-12(15)9(7-14)16-17(10)11-6-4-3-5-8(11)13/h1,3-6H,15H2. The average molecular weight is 243 g/mol. The van der Waals surface area contributed by atoms with E-state index in [-0.39, 0.29) is 11.4 Å². The summed E-state index contributed by atoms with van der Waals surface area (Å²) in [5.74, 6) is 2.41. The molecule has 0 radical (unpaired) electrons. The lowest BCUT2D eigenvalue weighted by Gasteiger charge is -2.05. The van der Waals surface area contributed by atoms with Gasteiger partial charge in [-0.15, -0.1) is 6.42 Å². The van der Waals surface area contributed by atoms with Crippen LogP contribution in [0.1, 0.15) is 11.4 Å². The number of nitriles is 1. The normalized spacial score (nSPS) is 9.59. The van der Waals surface area contributed by atoms with E-state index in [9.17, 15) is 0 Å². The number of benzene rings is 1. The number of hydrogen-bond acceptors (Lipinski definition) is 3. The van der Waals surface area contributed by atoms with Gasteiger partial charge in [-0.2, -0.15) is 10.4 Å². The van der Waals surface area contributed by atoms with Gasteiger partial charge in [0.1, 0.15) is 17.5 Å². The van der Waals surface area contributed by atoms with Gasteiger partial charge in [-0.3, -0.25) is 0 Å². The number of anilines is 1. The summed E-state index contributed by atoms with van der Waals surface area (Å²) in [4.78, 5) is 0. The second-order valence-electron chi connectivity index (χ2n) is 3.23. The molecule has 1 aromatic carbocycles. The zero-order chi connectivity index (χ0) is 12.4. The fourth-order valence-electron chi connectivity index (χ4n) is 1.45. The molecule has 0 amide bonds. The van der Waals surface area contributed by atoms with Gasteiger partial charge in [-0.25, -0.2) is 4.68 Å². The quantitative estimate of drug-likeness (QED) is 0.778. The van der Waals surface area contributed by atoms with Crippen LogP contribution in [-0.4, -0.2) is 9.78 Å². The third-order valence-corrected chi connectivity index (χ3v) is 2.56. The fourth-order valence-corrected chi connectivity index (χ4v) is 1.67. The van der Waals surface area contributed by atoms with Crippen LogP contribution in [0.2, 0.25) is 5.02 Å². The molecule has 5 heteroatoms. The first-order chi connectivity index (χ1) is 8.19. The number of hydrogen-bond donors (Lipinski definition) is 1. The van der Waals surface area contributed by atoms with E-state index in [4.69, 9.17) is 29.0 Å². The summed E-state index contributed by atoms with van der Waals surface area (Å²) in [6, 6.07) is 8.93. The molecule has 0 fully saturated rings. The Morgan fingerprint density at radius 1 is 1.41 bits per heavy atom. The SMILES string of the molecule is C#Cc1c(N)c(C#N)nn1-c1ccccc1Cl. The lowest BCUT2D eigenvalue weighted by atomic mass is 10.3. The van der Waals surface area contributed by atoms with Crippen molar-refractivity contribution in [3.63, 3.8) is 0 Å². The monoisotopic (exact) mass is 242 g/mol. The summed E-state index contributed by atoms with van der Waals surface area (Å²) >= 11 is 6.04. The van der Waals surface area contributed by atoms with Crippen molar-refractivity contribution in [3.8, 4) is 24.1 Å². The molecule has 0 saturated carbocycles. The molecule has 4 nitrogen and oxygen atoms in total. The van der Waals surface area contributed by atoms with Crippen LogP contribution in [0.25, 0.3) is 5.69 Å². The average Bonchev–Trinajstić information content (AvgIpc) is 2.66. The molecule has 2 aromatic rings. The molecule has 0 atom stereocenters. The minimum Gasteiger partial charge on any atom is -0.394 e.